The van der Waals surface area contributed by atoms with Crippen molar-refractivity contribution >= 4 is 0 Å². The zero-order valence-electron chi connectivity index (χ0n) is 19.5. The molecular weight excluding hydrogens is 348 g/mol. The summed E-state index contributed by atoms with van der Waals surface area (Å²) in [6.07, 6.45) is 28.4. The first-order valence-corrected chi connectivity index (χ1v) is 12.6. The number of unbranched alkanes of at least 4 members (excludes halogenated alkanes) is 19. The van der Waals surface area contributed by atoms with Crippen LogP contribution in [0, 0.1) is 0 Å². The molecule has 0 saturated heterocycles. The van der Waals surface area contributed by atoms with E-state index in [0.29, 0.717) is 0 Å². The van der Waals surface area contributed by atoms with Crippen molar-refractivity contribution in [2.75, 3.05) is 13.2 Å². The zero-order valence-corrected chi connectivity index (χ0v) is 19.5. The van der Waals surface area contributed by atoms with Crippen LogP contribution in [0.2, 0.25) is 0 Å². The Morgan fingerprint density at radius 2 is 0.571 bits per heavy atom. The van der Waals surface area contributed by atoms with Gasteiger partial charge >= 0.3 is 0 Å². The van der Waals surface area contributed by atoms with Crippen LogP contribution in [0.5, 0.6) is 0 Å². The van der Waals surface area contributed by atoms with E-state index in [9.17, 15) is 0 Å². The molecule has 3 nitrogen and oxygen atoms in total. The average Bonchev–Trinajstić information content (AvgIpc) is 2.72. The van der Waals surface area contributed by atoms with E-state index < -0.39 is 6.10 Å². The zero-order chi connectivity index (χ0) is 21.1. The number of aliphatic hydroxyl groups is 3. The fraction of sp³-hybridized carbons (Fsp3) is 1.00. The Morgan fingerprint density at radius 1 is 0.393 bits per heavy atom. The van der Waals surface area contributed by atoms with Gasteiger partial charge in [-0.1, -0.05) is 142 Å². The second-order valence-corrected chi connectivity index (χ2v) is 8.38. The lowest BCUT2D eigenvalue weighted by molar-refractivity contribution is 0.0450. The number of hydrogen-bond acceptors (Lipinski definition) is 3. The van der Waals surface area contributed by atoms with Crippen molar-refractivity contribution in [3.05, 3.63) is 0 Å². The van der Waals surface area contributed by atoms with Crippen LogP contribution in [0.1, 0.15) is 142 Å². The van der Waals surface area contributed by atoms with E-state index in [1.165, 1.54) is 128 Å². The summed E-state index contributed by atoms with van der Waals surface area (Å²) in [7, 11) is 0. The van der Waals surface area contributed by atoms with E-state index >= 15 is 0 Å². The SMILES string of the molecule is CCCCCCCCCCCCCCCCCCCCCC.OCC(O)CO. The number of aliphatic hydroxyl groups excluding tert-OH is 3. The van der Waals surface area contributed by atoms with Gasteiger partial charge in [-0.25, -0.2) is 0 Å². The Hall–Kier alpha value is -0.120. The minimum atomic E-state index is -0.954. The molecule has 0 aliphatic rings. The molecule has 3 heteroatoms. The number of rotatable bonds is 21. The molecule has 0 radical (unpaired) electrons. The Morgan fingerprint density at radius 3 is 0.679 bits per heavy atom. The third-order valence-corrected chi connectivity index (χ3v) is 5.38. The number of hydrogen-bond donors (Lipinski definition) is 3. The lowest BCUT2D eigenvalue weighted by atomic mass is 10.0. The molecular formula is C25H54O3. The first-order chi connectivity index (χ1) is 13.7. The van der Waals surface area contributed by atoms with Crippen LogP contribution in [0.25, 0.3) is 0 Å². The molecule has 28 heavy (non-hydrogen) atoms. The average molecular weight is 403 g/mol. The Bertz CT molecular complexity index is 222. The van der Waals surface area contributed by atoms with Crippen LogP contribution in [0.4, 0.5) is 0 Å². The molecule has 0 aromatic heterocycles. The van der Waals surface area contributed by atoms with Gasteiger partial charge in [-0.15, -0.1) is 0 Å². The van der Waals surface area contributed by atoms with Gasteiger partial charge in [0, 0.05) is 0 Å². The van der Waals surface area contributed by atoms with Crippen molar-refractivity contribution in [2.24, 2.45) is 0 Å². The predicted molar refractivity (Wildman–Crippen MR) is 124 cm³/mol. The first-order valence-electron chi connectivity index (χ1n) is 12.6. The molecule has 0 amide bonds. The van der Waals surface area contributed by atoms with Crippen LogP contribution in [0.15, 0.2) is 0 Å². The maximum atomic E-state index is 8.17. The van der Waals surface area contributed by atoms with Crippen molar-refractivity contribution in [1.29, 1.82) is 0 Å². The molecule has 0 aromatic carbocycles. The lowest BCUT2D eigenvalue weighted by Crippen LogP contribution is -2.15. The highest BCUT2D eigenvalue weighted by Crippen LogP contribution is 2.14. The highest BCUT2D eigenvalue weighted by Gasteiger charge is 1.95. The van der Waals surface area contributed by atoms with Gasteiger partial charge in [0.05, 0.1) is 13.2 Å². The second kappa shape index (κ2) is 29.1. The van der Waals surface area contributed by atoms with Crippen LogP contribution < -0.4 is 0 Å². The van der Waals surface area contributed by atoms with Gasteiger partial charge in [0.2, 0.25) is 0 Å². The molecule has 0 atom stereocenters. The van der Waals surface area contributed by atoms with E-state index in [4.69, 9.17) is 15.3 Å². The smallest absolute Gasteiger partial charge is 0.100 e. The lowest BCUT2D eigenvalue weighted by Gasteiger charge is -2.03. The van der Waals surface area contributed by atoms with Crippen LogP contribution >= 0.6 is 0 Å². The summed E-state index contributed by atoms with van der Waals surface area (Å²) >= 11 is 0. The fourth-order valence-electron chi connectivity index (χ4n) is 3.39. The van der Waals surface area contributed by atoms with Gasteiger partial charge < -0.3 is 15.3 Å². The van der Waals surface area contributed by atoms with Gasteiger partial charge in [0.25, 0.3) is 0 Å². The monoisotopic (exact) mass is 402 g/mol. The van der Waals surface area contributed by atoms with Gasteiger partial charge in [0.15, 0.2) is 0 Å². The molecule has 3 N–H and O–H groups in total. The quantitative estimate of drug-likeness (QED) is 0.178. The largest absolute Gasteiger partial charge is 0.394 e. The Labute approximate surface area is 177 Å². The van der Waals surface area contributed by atoms with Gasteiger partial charge in [-0.05, 0) is 0 Å². The van der Waals surface area contributed by atoms with Crippen molar-refractivity contribution in [3.8, 4) is 0 Å². The van der Waals surface area contributed by atoms with Crippen LogP contribution in [-0.2, 0) is 0 Å². The molecule has 0 heterocycles. The predicted octanol–water partition coefficient (Wildman–Crippen LogP) is 7.16. The highest BCUT2D eigenvalue weighted by molar-refractivity contribution is 4.50. The van der Waals surface area contributed by atoms with Gasteiger partial charge in [-0.2, -0.15) is 0 Å². The summed E-state index contributed by atoms with van der Waals surface area (Å²) in [5.74, 6) is 0. The van der Waals surface area contributed by atoms with Crippen molar-refractivity contribution in [1.82, 2.24) is 0 Å². The third kappa shape index (κ3) is 30.6. The highest BCUT2D eigenvalue weighted by atomic mass is 16.3. The summed E-state index contributed by atoms with van der Waals surface area (Å²) in [4.78, 5) is 0. The van der Waals surface area contributed by atoms with Gasteiger partial charge in [0.1, 0.15) is 6.10 Å². The van der Waals surface area contributed by atoms with Crippen molar-refractivity contribution in [2.45, 2.75) is 148 Å². The summed E-state index contributed by atoms with van der Waals surface area (Å²) < 4.78 is 0. The Balaban J connectivity index is 0. The van der Waals surface area contributed by atoms with E-state index in [1.807, 2.05) is 0 Å². The van der Waals surface area contributed by atoms with Gasteiger partial charge in [-0.3, -0.25) is 0 Å². The molecule has 172 valence electrons. The van der Waals surface area contributed by atoms with Crippen molar-refractivity contribution in [3.63, 3.8) is 0 Å². The van der Waals surface area contributed by atoms with E-state index in [-0.39, 0.29) is 13.2 Å². The fourth-order valence-corrected chi connectivity index (χ4v) is 3.39. The van der Waals surface area contributed by atoms with Crippen molar-refractivity contribution < 1.29 is 15.3 Å². The van der Waals surface area contributed by atoms with E-state index in [0.717, 1.165) is 0 Å². The standard InChI is InChI=1S/C22H46.C3H8O3/c1-3-5-7-9-11-13-15-17-19-21-22-20-18-16-14-12-10-8-6-4-2;4-1-3(6)2-5/h3-22H2,1-2H3;3-6H,1-2H2. The Kier molecular flexibility index (Phi) is 31.2. The molecule has 0 aromatic rings. The minimum Gasteiger partial charge on any atom is -0.394 e. The second-order valence-electron chi connectivity index (χ2n) is 8.38. The molecule has 0 aliphatic heterocycles. The summed E-state index contributed by atoms with van der Waals surface area (Å²) in [5, 5.41) is 24.0. The summed E-state index contributed by atoms with van der Waals surface area (Å²) in [5.41, 5.74) is 0. The minimum absolute atomic E-state index is 0.365. The van der Waals surface area contributed by atoms with Crippen LogP contribution in [-0.4, -0.2) is 34.6 Å². The summed E-state index contributed by atoms with van der Waals surface area (Å²) in [6, 6.07) is 0. The maximum Gasteiger partial charge on any atom is 0.100 e. The molecule has 0 bridgehead atoms. The molecule has 0 unspecified atom stereocenters. The molecule has 0 fully saturated rings. The molecule has 0 spiro atoms. The van der Waals surface area contributed by atoms with Crippen LogP contribution in [0.3, 0.4) is 0 Å². The topological polar surface area (TPSA) is 60.7 Å². The van der Waals surface area contributed by atoms with E-state index in [2.05, 4.69) is 13.8 Å². The molecule has 0 rings (SSSR count). The normalized spacial score (nSPS) is 10.9. The summed E-state index contributed by atoms with van der Waals surface area (Å²) in [6.45, 7) is 3.87. The third-order valence-electron chi connectivity index (χ3n) is 5.38. The molecule has 0 saturated carbocycles. The molecule has 0 aliphatic carbocycles. The van der Waals surface area contributed by atoms with E-state index in [1.54, 1.807) is 0 Å². The first kappa shape index (κ1) is 30.1. The maximum absolute atomic E-state index is 8.17.